The molecule has 1 rings (SSSR count). The van der Waals surface area contributed by atoms with Crippen LogP contribution in [0.2, 0.25) is 0 Å². The van der Waals surface area contributed by atoms with Gasteiger partial charge in [-0.2, -0.15) is 0 Å². The molecule has 0 bridgehead atoms. The van der Waals surface area contributed by atoms with Crippen LogP contribution in [0.1, 0.15) is 31.1 Å². The minimum atomic E-state index is -0.958. The molecule has 0 aliphatic heterocycles. The molecule has 0 saturated heterocycles. The van der Waals surface area contributed by atoms with Crippen molar-refractivity contribution in [1.29, 1.82) is 0 Å². The number of nitrogens with zero attached hydrogens (tertiary/aromatic N) is 2. The van der Waals surface area contributed by atoms with E-state index >= 15 is 0 Å². The lowest BCUT2D eigenvalue weighted by atomic mass is 10.2. The third-order valence-electron chi connectivity index (χ3n) is 2.88. The van der Waals surface area contributed by atoms with E-state index in [1.165, 1.54) is 6.20 Å². The molecule has 1 unspecified atom stereocenters. The van der Waals surface area contributed by atoms with Gasteiger partial charge in [-0.3, -0.25) is 4.98 Å². The molecular formula is C13H21N3O2. The molecule has 0 amide bonds. The lowest BCUT2D eigenvalue weighted by Crippen LogP contribution is -2.35. The van der Waals surface area contributed by atoms with E-state index in [-0.39, 0.29) is 11.6 Å². The summed E-state index contributed by atoms with van der Waals surface area (Å²) in [4.78, 5) is 17.2. The van der Waals surface area contributed by atoms with Gasteiger partial charge in [-0.1, -0.05) is 13.8 Å². The summed E-state index contributed by atoms with van der Waals surface area (Å²) in [6.45, 7) is 9.14. The highest BCUT2D eigenvalue weighted by molar-refractivity contribution is 5.93. The van der Waals surface area contributed by atoms with Gasteiger partial charge >= 0.3 is 5.97 Å². The van der Waals surface area contributed by atoms with E-state index < -0.39 is 5.97 Å². The van der Waals surface area contributed by atoms with Gasteiger partial charge < -0.3 is 15.3 Å². The molecule has 0 aliphatic carbocycles. The van der Waals surface area contributed by atoms with E-state index in [2.05, 4.69) is 29.0 Å². The maximum absolute atomic E-state index is 11.0. The second-order valence-electron chi connectivity index (χ2n) is 4.26. The average molecular weight is 251 g/mol. The molecule has 1 aromatic heterocycles. The van der Waals surface area contributed by atoms with Crippen molar-refractivity contribution in [2.24, 2.45) is 0 Å². The van der Waals surface area contributed by atoms with Crippen LogP contribution in [-0.2, 0) is 0 Å². The molecule has 2 N–H and O–H groups in total. The maximum atomic E-state index is 11.0. The molecule has 0 aliphatic rings. The zero-order chi connectivity index (χ0) is 13.5. The number of carboxylic acids is 1. The Labute approximate surface area is 108 Å². The Hall–Kier alpha value is -1.62. The van der Waals surface area contributed by atoms with Crippen molar-refractivity contribution in [3.63, 3.8) is 0 Å². The van der Waals surface area contributed by atoms with Gasteiger partial charge in [0.2, 0.25) is 0 Å². The highest BCUT2D eigenvalue weighted by Crippen LogP contribution is 2.14. The minimum absolute atomic E-state index is 0.186. The molecular weight excluding hydrogens is 230 g/mol. The minimum Gasteiger partial charge on any atom is -0.478 e. The molecule has 0 fully saturated rings. The highest BCUT2D eigenvalue weighted by Gasteiger charge is 2.13. The number of aromatic nitrogens is 1. The molecule has 1 heterocycles. The van der Waals surface area contributed by atoms with Crippen LogP contribution in [-0.4, -0.2) is 46.6 Å². The van der Waals surface area contributed by atoms with Gasteiger partial charge in [-0.05, 0) is 26.1 Å². The summed E-state index contributed by atoms with van der Waals surface area (Å²) in [7, 11) is 0. The monoisotopic (exact) mass is 251 g/mol. The molecule has 5 nitrogen and oxygen atoms in total. The van der Waals surface area contributed by atoms with Crippen LogP contribution in [0.3, 0.4) is 0 Å². The summed E-state index contributed by atoms with van der Waals surface area (Å²) in [5.41, 5.74) is 0.834. The Bertz CT molecular complexity index is 392. The number of carbonyl (C=O) groups is 1. The van der Waals surface area contributed by atoms with Gasteiger partial charge in [0, 0.05) is 25.0 Å². The summed E-state index contributed by atoms with van der Waals surface area (Å²) >= 11 is 0. The smallest absolute Gasteiger partial charge is 0.339 e. The average Bonchev–Trinajstić information content (AvgIpc) is 2.36. The first-order chi connectivity index (χ1) is 8.58. The Balaban J connectivity index is 2.69. The number of nitrogens with one attached hydrogen (secondary N) is 1. The molecule has 0 radical (unpaired) electrons. The Kier molecular flexibility index (Phi) is 5.58. The predicted molar refractivity (Wildman–Crippen MR) is 72.1 cm³/mol. The zero-order valence-corrected chi connectivity index (χ0v) is 11.2. The molecule has 1 aromatic rings. The van der Waals surface area contributed by atoms with Crippen molar-refractivity contribution in [2.45, 2.75) is 26.8 Å². The van der Waals surface area contributed by atoms with E-state index in [4.69, 9.17) is 5.11 Å². The van der Waals surface area contributed by atoms with Crippen LogP contribution < -0.4 is 5.32 Å². The van der Waals surface area contributed by atoms with Crippen molar-refractivity contribution in [3.8, 4) is 0 Å². The standard InChI is InChI=1S/C13H21N3O2/c1-4-16(5-2)9-10(3)15-12-6-7-14-8-11(12)13(17)18/h6-8,10H,4-5,9H2,1-3H3,(H,14,15)(H,17,18). The summed E-state index contributed by atoms with van der Waals surface area (Å²) in [5, 5.41) is 12.3. The van der Waals surface area contributed by atoms with Gasteiger partial charge in [0.05, 0.1) is 5.69 Å². The number of likely N-dealkylation sites (N-methyl/N-ethyl adjacent to an activating group) is 1. The first-order valence-corrected chi connectivity index (χ1v) is 6.24. The fourth-order valence-corrected chi connectivity index (χ4v) is 1.87. The normalized spacial score (nSPS) is 12.4. The number of anilines is 1. The Morgan fingerprint density at radius 2 is 2.17 bits per heavy atom. The van der Waals surface area contributed by atoms with Crippen molar-refractivity contribution >= 4 is 11.7 Å². The Morgan fingerprint density at radius 1 is 1.50 bits per heavy atom. The van der Waals surface area contributed by atoms with Gasteiger partial charge in [0.15, 0.2) is 0 Å². The van der Waals surface area contributed by atoms with E-state index in [1.54, 1.807) is 12.3 Å². The zero-order valence-electron chi connectivity index (χ0n) is 11.2. The molecule has 100 valence electrons. The van der Waals surface area contributed by atoms with E-state index in [0.717, 1.165) is 19.6 Å². The fourth-order valence-electron chi connectivity index (χ4n) is 1.87. The maximum Gasteiger partial charge on any atom is 0.339 e. The molecule has 0 aromatic carbocycles. The van der Waals surface area contributed by atoms with Gasteiger partial charge in [0.1, 0.15) is 5.56 Å². The van der Waals surface area contributed by atoms with Crippen LogP contribution >= 0.6 is 0 Å². The van der Waals surface area contributed by atoms with E-state index in [1.807, 2.05) is 6.92 Å². The van der Waals surface area contributed by atoms with Gasteiger partial charge in [0.25, 0.3) is 0 Å². The number of rotatable bonds is 7. The number of pyridine rings is 1. The largest absolute Gasteiger partial charge is 0.478 e. The van der Waals surface area contributed by atoms with Crippen molar-refractivity contribution in [3.05, 3.63) is 24.0 Å². The van der Waals surface area contributed by atoms with E-state index in [0.29, 0.717) is 5.69 Å². The van der Waals surface area contributed by atoms with Crippen molar-refractivity contribution in [2.75, 3.05) is 25.0 Å². The first kappa shape index (κ1) is 14.4. The third kappa shape index (κ3) is 4.00. The highest BCUT2D eigenvalue weighted by atomic mass is 16.4. The van der Waals surface area contributed by atoms with Crippen molar-refractivity contribution < 1.29 is 9.90 Å². The lowest BCUT2D eigenvalue weighted by molar-refractivity contribution is 0.0697. The lowest BCUT2D eigenvalue weighted by Gasteiger charge is -2.24. The van der Waals surface area contributed by atoms with Crippen LogP contribution in [0.4, 0.5) is 5.69 Å². The molecule has 5 heteroatoms. The van der Waals surface area contributed by atoms with Crippen molar-refractivity contribution in [1.82, 2.24) is 9.88 Å². The third-order valence-corrected chi connectivity index (χ3v) is 2.88. The van der Waals surface area contributed by atoms with E-state index in [9.17, 15) is 4.79 Å². The number of hydrogen-bond donors (Lipinski definition) is 2. The number of aromatic carboxylic acids is 1. The van der Waals surface area contributed by atoms with Crippen LogP contribution in [0, 0.1) is 0 Å². The SMILES string of the molecule is CCN(CC)CC(C)Nc1ccncc1C(=O)O. The quantitative estimate of drug-likeness (QED) is 0.775. The molecule has 0 spiro atoms. The topological polar surface area (TPSA) is 65.5 Å². The van der Waals surface area contributed by atoms with Gasteiger partial charge in [-0.25, -0.2) is 4.79 Å². The number of carboxylic acid groups (broad SMARTS) is 1. The Morgan fingerprint density at radius 3 is 2.72 bits per heavy atom. The summed E-state index contributed by atoms with van der Waals surface area (Å²) in [5.74, 6) is -0.958. The van der Waals surface area contributed by atoms with Crippen LogP contribution in [0.15, 0.2) is 18.5 Å². The van der Waals surface area contributed by atoms with Crippen LogP contribution in [0.25, 0.3) is 0 Å². The number of hydrogen-bond acceptors (Lipinski definition) is 4. The summed E-state index contributed by atoms with van der Waals surface area (Å²) in [6, 6.07) is 1.88. The van der Waals surface area contributed by atoms with Gasteiger partial charge in [-0.15, -0.1) is 0 Å². The summed E-state index contributed by atoms with van der Waals surface area (Å²) in [6.07, 6.45) is 2.97. The molecule has 18 heavy (non-hydrogen) atoms. The first-order valence-electron chi connectivity index (χ1n) is 6.24. The predicted octanol–water partition coefficient (Wildman–Crippen LogP) is 1.92. The fraction of sp³-hybridized carbons (Fsp3) is 0.538. The second-order valence-corrected chi connectivity index (χ2v) is 4.26. The molecule has 1 atom stereocenters. The van der Waals surface area contributed by atoms with Crippen LogP contribution in [0.5, 0.6) is 0 Å². The second kappa shape index (κ2) is 6.96. The summed E-state index contributed by atoms with van der Waals surface area (Å²) < 4.78 is 0. The molecule has 0 saturated carbocycles.